The Bertz CT molecular complexity index is 1270. The Hall–Kier alpha value is -3.92. The van der Waals surface area contributed by atoms with E-state index in [9.17, 15) is 4.79 Å². The van der Waals surface area contributed by atoms with E-state index in [4.69, 9.17) is 5.26 Å². The summed E-state index contributed by atoms with van der Waals surface area (Å²) in [5.74, 6) is 0.910. The molecule has 6 rings (SSSR count). The Balaban J connectivity index is 1.11. The van der Waals surface area contributed by atoms with Gasteiger partial charge in [0.1, 0.15) is 11.9 Å². The number of piperazine rings is 1. The fourth-order valence-corrected chi connectivity index (χ4v) is 5.38. The molecule has 2 bridgehead atoms. The van der Waals surface area contributed by atoms with Gasteiger partial charge in [0.2, 0.25) is 0 Å². The Morgan fingerprint density at radius 1 is 1.00 bits per heavy atom. The minimum atomic E-state index is 0.135. The highest BCUT2D eigenvalue weighted by Crippen LogP contribution is 2.35. The molecule has 0 spiro atoms. The number of benzene rings is 1. The van der Waals surface area contributed by atoms with Gasteiger partial charge in [0.25, 0.3) is 0 Å². The van der Waals surface area contributed by atoms with E-state index < -0.39 is 0 Å². The van der Waals surface area contributed by atoms with Gasteiger partial charge in [0.05, 0.1) is 11.1 Å². The number of rotatable bonds is 2. The normalized spacial score (nSPS) is 21.7. The van der Waals surface area contributed by atoms with Gasteiger partial charge in [0.15, 0.2) is 0 Å². The maximum absolute atomic E-state index is 13.2. The van der Waals surface area contributed by atoms with E-state index in [0.29, 0.717) is 18.7 Å². The smallest absolute Gasteiger partial charge is 0.320 e. The van der Waals surface area contributed by atoms with Crippen molar-refractivity contribution in [2.45, 2.75) is 24.9 Å². The number of fused-ring (bicyclic) bond motifs is 3. The van der Waals surface area contributed by atoms with Gasteiger partial charge < -0.3 is 14.7 Å². The molecule has 3 aliphatic rings. The lowest BCUT2D eigenvalue weighted by molar-refractivity contribution is 0.135. The number of likely N-dealkylation sites (tertiary alicyclic amines) is 2. The zero-order valence-electron chi connectivity index (χ0n) is 18.3. The SMILES string of the molecule is N#Cc1ccc(N2C3CCC2CN(C(=O)N2CC(=Cc4cccc5ncccc45)C2)C3)nc1. The average Bonchev–Trinajstić information content (AvgIpc) is 3.09. The van der Waals surface area contributed by atoms with Gasteiger partial charge in [-0.15, -0.1) is 0 Å². The zero-order chi connectivity index (χ0) is 22.4. The second-order valence-electron chi connectivity index (χ2n) is 9.07. The third kappa shape index (κ3) is 3.48. The number of carbonyl (C=O) groups is 1. The van der Waals surface area contributed by atoms with Crippen LogP contribution in [-0.4, -0.2) is 64.1 Å². The van der Waals surface area contributed by atoms with E-state index in [0.717, 1.165) is 48.2 Å². The Morgan fingerprint density at radius 2 is 1.82 bits per heavy atom. The van der Waals surface area contributed by atoms with Crippen LogP contribution in [0.1, 0.15) is 24.0 Å². The van der Waals surface area contributed by atoms with Gasteiger partial charge >= 0.3 is 6.03 Å². The molecule has 7 nitrogen and oxygen atoms in total. The maximum Gasteiger partial charge on any atom is 0.320 e. The van der Waals surface area contributed by atoms with Gasteiger partial charge in [-0.25, -0.2) is 9.78 Å². The van der Waals surface area contributed by atoms with Gasteiger partial charge in [-0.05, 0) is 48.2 Å². The molecule has 0 radical (unpaired) electrons. The van der Waals surface area contributed by atoms with Crippen molar-refractivity contribution in [1.82, 2.24) is 19.8 Å². The highest BCUT2D eigenvalue weighted by molar-refractivity contribution is 5.89. The lowest BCUT2D eigenvalue weighted by Crippen LogP contribution is -2.60. The van der Waals surface area contributed by atoms with E-state index in [1.807, 2.05) is 46.3 Å². The second kappa shape index (κ2) is 7.89. The summed E-state index contributed by atoms with van der Waals surface area (Å²) in [5.41, 5.74) is 3.98. The summed E-state index contributed by atoms with van der Waals surface area (Å²) in [5, 5.41) is 10.2. The van der Waals surface area contributed by atoms with E-state index in [1.165, 1.54) is 5.57 Å². The first kappa shape index (κ1) is 19.7. The molecule has 3 saturated heterocycles. The van der Waals surface area contributed by atoms with Crippen LogP contribution < -0.4 is 4.90 Å². The van der Waals surface area contributed by atoms with Crippen LogP contribution in [-0.2, 0) is 0 Å². The first-order valence-corrected chi connectivity index (χ1v) is 11.4. The molecule has 2 atom stereocenters. The van der Waals surface area contributed by atoms with Crippen molar-refractivity contribution in [3.8, 4) is 6.07 Å². The van der Waals surface area contributed by atoms with Gasteiger partial charge in [-0.2, -0.15) is 5.26 Å². The summed E-state index contributed by atoms with van der Waals surface area (Å²) < 4.78 is 0. The lowest BCUT2D eigenvalue weighted by Gasteiger charge is -2.45. The standard InChI is InChI=1S/C26H24N6O/c27-12-18-6-9-25(29-13-18)32-21-7-8-22(32)17-31(16-21)26(33)30-14-19(15-30)11-20-3-1-5-24-23(20)4-2-10-28-24/h1-6,9-11,13,21-22H,7-8,14-17H2. The van der Waals surface area contributed by atoms with Gasteiger partial charge in [-0.1, -0.05) is 24.3 Å². The quantitative estimate of drug-likeness (QED) is 0.613. The second-order valence-corrected chi connectivity index (χ2v) is 9.07. The molecule has 2 unspecified atom stereocenters. The summed E-state index contributed by atoms with van der Waals surface area (Å²) in [6, 6.07) is 16.8. The number of hydrogen-bond donors (Lipinski definition) is 0. The monoisotopic (exact) mass is 436 g/mol. The first-order chi connectivity index (χ1) is 16.2. The molecule has 3 aromatic rings. The molecule has 0 saturated carbocycles. The zero-order valence-corrected chi connectivity index (χ0v) is 18.3. The predicted octanol–water partition coefficient (Wildman–Crippen LogP) is 3.67. The lowest BCUT2D eigenvalue weighted by atomic mass is 10.0. The largest absolute Gasteiger partial charge is 0.347 e. The Labute approximate surface area is 192 Å². The van der Waals surface area contributed by atoms with Crippen LogP contribution in [0.5, 0.6) is 0 Å². The van der Waals surface area contributed by atoms with Crippen molar-refractivity contribution in [3.63, 3.8) is 0 Å². The van der Waals surface area contributed by atoms with Crippen LogP contribution in [0.2, 0.25) is 0 Å². The van der Waals surface area contributed by atoms with Crippen molar-refractivity contribution >= 4 is 28.8 Å². The number of amides is 2. The molecule has 3 fully saturated rings. The third-order valence-electron chi connectivity index (χ3n) is 6.99. The van der Waals surface area contributed by atoms with Crippen LogP contribution in [0, 0.1) is 11.3 Å². The molecule has 164 valence electrons. The fourth-order valence-electron chi connectivity index (χ4n) is 5.38. The van der Waals surface area contributed by atoms with Crippen molar-refractivity contribution in [1.29, 1.82) is 5.26 Å². The Morgan fingerprint density at radius 3 is 2.55 bits per heavy atom. The van der Waals surface area contributed by atoms with Crippen molar-refractivity contribution in [2.24, 2.45) is 0 Å². The molecular formula is C26H24N6O. The topological polar surface area (TPSA) is 76.4 Å². The number of hydrogen-bond acceptors (Lipinski definition) is 5. The number of carbonyl (C=O) groups excluding carboxylic acids is 1. The number of nitriles is 1. The molecule has 2 amide bonds. The molecule has 3 aliphatic heterocycles. The number of nitrogens with zero attached hydrogens (tertiary/aromatic N) is 6. The molecule has 1 aromatic carbocycles. The fraction of sp³-hybridized carbons (Fsp3) is 0.308. The molecule has 0 aliphatic carbocycles. The summed E-state index contributed by atoms with van der Waals surface area (Å²) in [6.07, 6.45) is 7.78. The van der Waals surface area contributed by atoms with Crippen LogP contribution >= 0.6 is 0 Å². The Kier molecular flexibility index (Phi) is 4.72. The van der Waals surface area contributed by atoms with Crippen LogP contribution in [0.3, 0.4) is 0 Å². The molecule has 0 N–H and O–H groups in total. The molecule has 5 heterocycles. The minimum Gasteiger partial charge on any atom is -0.347 e. The summed E-state index contributed by atoms with van der Waals surface area (Å²) in [4.78, 5) is 28.4. The number of anilines is 1. The van der Waals surface area contributed by atoms with Crippen molar-refractivity contribution < 1.29 is 4.79 Å². The third-order valence-corrected chi connectivity index (χ3v) is 6.99. The van der Waals surface area contributed by atoms with Crippen molar-refractivity contribution in [3.05, 3.63) is 71.6 Å². The summed E-state index contributed by atoms with van der Waals surface area (Å²) in [7, 11) is 0. The van der Waals surface area contributed by atoms with Crippen LogP contribution in [0.25, 0.3) is 17.0 Å². The number of urea groups is 1. The maximum atomic E-state index is 13.2. The first-order valence-electron chi connectivity index (χ1n) is 11.4. The molecule has 7 heteroatoms. The number of pyridine rings is 2. The molecular weight excluding hydrogens is 412 g/mol. The van der Waals surface area contributed by atoms with Crippen LogP contribution in [0.4, 0.5) is 10.6 Å². The van der Waals surface area contributed by atoms with Crippen LogP contribution in [0.15, 0.2) is 60.4 Å². The van der Waals surface area contributed by atoms with Gasteiger partial charge in [-0.3, -0.25) is 4.98 Å². The predicted molar refractivity (Wildman–Crippen MR) is 127 cm³/mol. The molecule has 2 aromatic heterocycles. The van der Waals surface area contributed by atoms with E-state index >= 15 is 0 Å². The molecule has 33 heavy (non-hydrogen) atoms. The highest BCUT2D eigenvalue weighted by Gasteiger charge is 2.43. The highest BCUT2D eigenvalue weighted by atomic mass is 16.2. The number of aromatic nitrogens is 2. The van der Waals surface area contributed by atoms with Crippen molar-refractivity contribution in [2.75, 3.05) is 31.1 Å². The summed E-state index contributed by atoms with van der Waals surface area (Å²) in [6.45, 7) is 2.81. The average molecular weight is 437 g/mol. The van der Waals surface area contributed by atoms with E-state index in [-0.39, 0.29) is 18.1 Å². The van der Waals surface area contributed by atoms with Gasteiger partial charge in [0, 0.05) is 56.0 Å². The van der Waals surface area contributed by atoms with E-state index in [2.05, 4.69) is 39.1 Å². The summed E-state index contributed by atoms with van der Waals surface area (Å²) >= 11 is 0. The van der Waals surface area contributed by atoms with E-state index in [1.54, 1.807) is 6.20 Å². The minimum absolute atomic E-state index is 0.135.